The third kappa shape index (κ3) is 4.80. The second-order valence-electron chi connectivity index (χ2n) is 5.64. The molecule has 0 saturated carbocycles. The number of aryl methyl sites for hydroxylation is 2. The first-order valence-corrected chi connectivity index (χ1v) is 9.95. The fraction of sp³-hybridized carbons (Fsp3) is 0.222. The number of thioether (sulfide) groups is 1. The molecule has 6 nitrogen and oxygen atoms in total. The van der Waals surface area contributed by atoms with Crippen LogP contribution in [0.15, 0.2) is 45.7 Å². The molecule has 0 aliphatic rings. The minimum Gasteiger partial charge on any atom is -0.301 e. The Bertz CT molecular complexity index is 964. The third-order valence-corrected chi connectivity index (χ3v) is 5.20. The highest BCUT2D eigenvalue weighted by atomic mass is 32.2. The van der Waals surface area contributed by atoms with Gasteiger partial charge < -0.3 is 10.3 Å². The number of thiazole rings is 1. The molecule has 0 aliphatic heterocycles. The van der Waals surface area contributed by atoms with E-state index >= 15 is 0 Å². The van der Waals surface area contributed by atoms with E-state index < -0.39 is 0 Å². The van der Waals surface area contributed by atoms with Crippen molar-refractivity contribution in [3.63, 3.8) is 0 Å². The molecule has 0 bridgehead atoms. The number of hydrogen-bond donors (Lipinski definition) is 2. The highest BCUT2D eigenvalue weighted by Gasteiger charge is 2.10. The van der Waals surface area contributed by atoms with E-state index in [-0.39, 0.29) is 17.2 Å². The van der Waals surface area contributed by atoms with Gasteiger partial charge in [-0.1, -0.05) is 48.5 Å². The van der Waals surface area contributed by atoms with Crippen molar-refractivity contribution in [1.29, 1.82) is 0 Å². The Labute approximate surface area is 159 Å². The van der Waals surface area contributed by atoms with Crippen LogP contribution in [-0.4, -0.2) is 26.6 Å². The van der Waals surface area contributed by atoms with Gasteiger partial charge in [-0.05, 0) is 13.3 Å². The van der Waals surface area contributed by atoms with Crippen LogP contribution in [0.25, 0.3) is 11.3 Å². The van der Waals surface area contributed by atoms with Gasteiger partial charge in [0.2, 0.25) is 5.91 Å². The van der Waals surface area contributed by atoms with E-state index in [9.17, 15) is 9.59 Å². The second-order valence-corrected chi connectivity index (χ2v) is 7.46. The lowest BCUT2D eigenvalue weighted by molar-refractivity contribution is -0.113. The summed E-state index contributed by atoms with van der Waals surface area (Å²) < 4.78 is 0. The van der Waals surface area contributed by atoms with Crippen molar-refractivity contribution < 1.29 is 4.79 Å². The smallest absolute Gasteiger partial charge is 0.251 e. The predicted octanol–water partition coefficient (Wildman–Crippen LogP) is 3.50. The maximum Gasteiger partial charge on any atom is 0.251 e. The highest BCUT2D eigenvalue weighted by Crippen LogP contribution is 2.25. The maximum atomic E-state index is 12.1. The Morgan fingerprint density at radius 2 is 2.04 bits per heavy atom. The number of aromatic amines is 1. The number of H-pyrrole nitrogens is 1. The summed E-state index contributed by atoms with van der Waals surface area (Å²) in [6, 6.07) is 9.54. The summed E-state index contributed by atoms with van der Waals surface area (Å²) in [6.45, 7) is 3.96. The van der Waals surface area contributed by atoms with Gasteiger partial charge in [0, 0.05) is 22.7 Å². The molecule has 0 atom stereocenters. The molecule has 8 heteroatoms. The van der Waals surface area contributed by atoms with E-state index in [0.29, 0.717) is 22.4 Å². The molecule has 2 aromatic heterocycles. The summed E-state index contributed by atoms with van der Waals surface area (Å²) in [5.74, 6) is -0.0420. The van der Waals surface area contributed by atoms with Crippen LogP contribution in [0.2, 0.25) is 0 Å². The van der Waals surface area contributed by atoms with Crippen molar-refractivity contribution in [1.82, 2.24) is 15.0 Å². The molecule has 1 amide bonds. The lowest BCUT2D eigenvalue weighted by Gasteiger charge is -2.03. The molecule has 1 aromatic carbocycles. The molecule has 0 unspecified atom stereocenters. The molecule has 0 radical (unpaired) electrons. The van der Waals surface area contributed by atoms with Crippen molar-refractivity contribution in [2.75, 3.05) is 11.1 Å². The summed E-state index contributed by atoms with van der Waals surface area (Å²) in [7, 11) is 0. The minimum absolute atomic E-state index is 0.148. The normalized spacial score (nSPS) is 10.7. The average Bonchev–Trinajstić information content (AvgIpc) is 3.08. The van der Waals surface area contributed by atoms with E-state index in [0.717, 1.165) is 11.3 Å². The van der Waals surface area contributed by atoms with Crippen LogP contribution in [-0.2, 0) is 11.2 Å². The Hall–Kier alpha value is -2.45. The molecule has 0 aliphatic carbocycles. The van der Waals surface area contributed by atoms with Gasteiger partial charge in [-0.15, -0.1) is 11.3 Å². The van der Waals surface area contributed by atoms with Crippen molar-refractivity contribution in [2.24, 2.45) is 0 Å². The number of rotatable bonds is 6. The molecule has 3 rings (SSSR count). The topological polar surface area (TPSA) is 87.7 Å². The molecule has 0 saturated heterocycles. The van der Waals surface area contributed by atoms with E-state index in [1.807, 2.05) is 43.5 Å². The molecular weight excluding hydrogens is 368 g/mol. The molecule has 2 heterocycles. The summed E-state index contributed by atoms with van der Waals surface area (Å²) in [6.07, 6.45) is 0.671. The molecule has 0 spiro atoms. The van der Waals surface area contributed by atoms with Crippen LogP contribution in [0.1, 0.15) is 18.2 Å². The number of nitrogens with zero attached hydrogens (tertiary/aromatic N) is 2. The number of nitrogens with one attached hydrogen (secondary N) is 2. The standard InChI is InChI=1S/C18H18N4O2S2/c1-3-13-8-15(23)21-17(19-13)26-10-16(24)22-18-20-14(9-25-18)12-6-4-11(2)5-7-12/h4-9H,3,10H2,1-2H3,(H,19,21,23)(H,20,22,24). The Balaban J connectivity index is 1.59. The molecule has 2 N–H and O–H groups in total. The number of amides is 1. The van der Waals surface area contributed by atoms with Gasteiger partial charge in [0.15, 0.2) is 10.3 Å². The zero-order chi connectivity index (χ0) is 18.5. The van der Waals surface area contributed by atoms with E-state index in [1.165, 1.54) is 34.7 Å². The number of carbonyl (C=O) groups is 1. The maximum absolute atomic E-state index is 12.1. The Morgan fingerprint density at radius 3 is 2.77 bits per heavy atom. The van der Waals surface area contributed by atoms with Gasteiger partial charge >= 0.3 is 0 Å². The van der Waals surface area contributed by atoms with Gasteiger partial charge in [-0.25, -0.2) is 9.97 Å². The molecule has 0 fully saturated rings. The quantitative estimate of drug-likeness (QED) is 0.500. The zero-order valence-electron chi connectivity index (χ0n) is 14.4. The first-order chi connectivity index (χ1) is 12.5. The van der Waals surface area contributed by atoms with Crippen LogP contribution in [0, 0.1) is 6.92 Å². The van der Waals surface area contributed by atoms with Crippen LogP contribution >= 0.6 is 23.1 Å². The minimum atomic E-state index is -0.206. The fourth-order valence-corrected chi connectivity index (χ4v) is 3.64. The first kappa shape index (κ1) is 18.3. The number of anilines is 1. The van der Waals surface area contributed by atoms with Crippen molar-refractivity contribution >= 4 is 34.1 Å². The van der Waals surface area contributed by atoms with Crippen molar-refractivity contribution in [3.8, 4) is 11.3 Å². The highest BCUT2D eigenvalue weighted by molar-refractivity contribution is 7.99. The largest absolute Gasteiger partial charge is 0.301 e. The lowest BCUT2D eigenvalue weighted by Crippen LogP contribution is -2.15. The van der Waals surface area contributed by atoms with Crippen LogP contribution in [0.5, 0.6) is 0 Å². The fourth-order valence-electron chi connectivity index (χ4n) is 2.21. The van der Waals surface area contributed by atoms with Crippen LogP contribution < -0.4 is 10.9 Å². The monoisotopic (exact) mass is 386 g/mol. The van der Waals surface area contributed by atoms with Crippen molar-refractivity contribution in [3.05, 3.63) is 57.3 Å². The van der Waals surface area contributed by atoms with Gasteiger partial charge in [0.25, 0.3) is 5.56 Å². The average molecular weight is 387 g/mol. The Morgan fingerprint density at radius 1 is 1.27 bits per heavy atom. The molecule has 3 aromatic rings. The van der Waals surface area contributed by atoms with Gasteiger partial charge in [0.1, 0.15) is 0 Å². The third-order valence-electron chi connectivity index (χ3n) is 3.57. The second kappa shape index (κ2) is 8.29. The zero-order valence-corrected chi connectivity index (χ0v) is 16.0. The van der Waals surface area contributed by atoms with E-state index in [2.05, 4.69) is 20.3 Å². The number of hydrogen-bond acceptors (Lipinski definition) is 6. The summed E-state index contributed by atoms with van der Waals surface area (Å²) >= 11 is 2.58. The van der Waals surface area contributed by atoms with E-state index in [4.69, 9.17) is 0 Å². The number of aromatic nitrogens is 3. The Kier molecular flexibility index (Phi) is 5.85. The summed E-state index contributed by atoms with van der Waals surface area (Å²) in [5, 5.41) is 5.70. The van der Waals surface area contributed by atoms with Gasteiger partial charge in [-0.2, -0.15) is 0 Å². The number of carbonyl (C=O) groups excluding carboxylic acids is 1. The molecule has 134 valence electrons. The van der Waals surface area contributed by atoms with Crippen LogP contribution in [0.4, 0.5) is 5.13 Å². The van der Waals surface area contributed by atoms with E-state index in [1.54, 1.807) is 0 Å². The summed E-state index contributed by atoms with van der Waals surface area (Å²) in [4.78, 5) is 35.1. The lowest BCUT2D eigenvalue weighted by atomic mass is 10.1. The number of benzene rings is 1. The SMILES string of the molecule is CCc1cc(=O)[nH]c(SCC(=O)Nc2nc(-c3ccc(C)cc3)cs2)n1. The molecule has 26 heavy (non-hydrogen) atoms. The van der Waals surface area contributed by atoms with Crippen LogP contribution in [0.3, 0.4) is 0 Å². The predicted molar refractivity (Wildman–Crippen MR) is 106 cm³/mol. The summed E-state index contributed by atoms with van der Waals surface area (Å²) in [5.41, 5.74) is 3.54. The van der Waals surface area contributed by atoms with Gasteiger partial charge in [-0.3, -0.25) is 9.59 Å². The van der Waals surface area contributed by atoms with Crippen molar-refractivity contribution in [2.45, 2.75) is 25.4 Å². The first-order valence-electron chi connectivity index (χ1n) is 8.09. The molecular formula is C18H18N4O2S2. The van der Waals surface area contributed by atoms with Gasteiger partial charge in [0.05, 0.1) is 11.4 Å².